The second-order valence-corrected chi connectivity index (χ2v) is 6.29. The Morgan fingerprint density at radius 3 is 2.67 bits per heavy atom. The van der Waals surface area contributed by atoms with Gasteiger partial charge in [-0.05, 0) is 25.0 Å². The minimum Gasteiger partial charge on any atom is -0.430 e. The first kappa shape index (κ1) is 13.6. The molecular weight excluding hydrogens is 270 g/mol. The van der Waals surface area contributed by atoms with E-state index in [1.54, 1.807) is 23.6 Å². The molecule has 1 aromatic rings. The Morgan fingerprint density at radius 2 is 2.06 bits per heavy atom. The summed E-state index contributed by atoms with van der Waals surface area (Å²) in [5.41, 5.74) is 0.284. The van der Waals surface area contributed by atoms with Gasteiger partial charge in [-0.2, -0.15) is 0 Å². The van der Waals surface area contributed by atoms with Crippen LogP contribution in [0.1, 0.15) is 20.8 Å². The number of thioether (sulfide) groups is 1. The van der Waals surface area contributed by atoms with Crippen molar-refractivity contribution in [3.8, 4) is 0 Å². The van der Waals surface area contributed by atoms with Crippen LogP contribution in [0.3, 0.4) is 0 Å². The number of hydrogen-bond acceptors (Lipinski definition) is 3. The number of anilines is 1. The molecule has 1 aliphatic rings. The summed E-state index contributed by atoms with van der Waals surface area (Å²) in [4.78, 5) is 14.9. The van der Waals surface area contributed by atoms with Crippen molar-refractivity contribution in [3.63, 3.8) is 0 Å². The molecule has 18 heavy (non-hydrogen) atoms. The van der Waals surface area contributed by atoms with Gasteiger partial charge in [0.15, 0.2) is 5.56 Å². The summed E-state index contributed by atoms with van der Waals surface area (Å²) >= 11 is 7.42. The van der Waals surface area contributed by atoms with Crippen LogP contribution in [0.4, 0.5) is 10.5 Å². The van der Waals surface area contributed by atoms with E-state index in [1.165, 1.54) is 0 Å². The summed E-state index contributed by atoms with van der Waals surface area (Å²) in [6, 6.07) is 7.85. The van der Waals surface area contributed by atoms with E-state index in [0.29, 0.717) is 5.92 Å². The monoisotopic (exact) mass is 285 g/mol. The molecule has 0 N–H and O–H groups in total. The van der Waals surface area contributed by atoms with Crippen LogP contribution in [-0.4, -0.2) is 17.0 Å². The fraction of sp³-hybridized carbons (Fsp3) is 0.462. The van der Waals surface area contributed by atoms with Gasteiger partial charge in [0.1, 0.15) is 0 Å². The molecule has 3 nitrogen and oxygen atoms in total. The lowest BCUT2D eigenvalue weighted by molar-refractivity contribution is 0.145. The first-order chi connectivity index (χ1) is 8.50. The van der Waals surface area contributed by atoms with Crippen LogP contribution in [0.15, 0.2) is 29.2 Å². The molecule has 0 saturated heterocycles. The molecule has 0 aliphatic carbocycles. The van der Waals surface area contributed by atoms with Gasteiger partial charge in [-0.25, -0.2) is 4.79 Å². The summed E-state index contributed by atoms with van der Waals surface area (Å²) in [6.07, 6.45) is -0.381. The molecule has 2 atom stereocenters. The third-order valence-corrected chi connectivity index (χ3v) is 4.34. The Kier molecular flexibility index (Phi) is 4.07. The van der Waals surface area contributed by atoms with E-state index in [4.69, 9.17) is 16.3 Å². The first-order valence-electron chi connectivity index (χ1n) is 5.90. The predicted molar refractivity (Wildman–Crippen MR) is 75.2 cm³/mol. The fourth-order valence-corrected chi connectivity index (χ4v) is 3.27. The molecule has 1 aliphatic heterocycles. The zero-order valence-corrected chi connectivity index (χ0v) is 12.2. The number of para-hydroxylation sites is 1. The Labute approximate surface area is 116 Å². The summed E-state index contributed by atoms with van der Waals surface area (Å²) < 4.78 is 5.11. The molecule has 1 amide bonds. The maximum Gasteiger partial charge on any atom is 0.416 e. The molecule has 0 radical (unpaired) electrons. The zero-order valence-electron chi connectivity index (χ0n) is 10.6. The van der Waals surface area contributed by atoms with Gasteiger partial charge in [-0.3, -0.25) is 4.90 Å². The number of nitrogens with zero attached hydrogens (tertiary/aromatic N) is 1. The third kappa shape index (κ3) is 2.59. The number of hydrogen-bond donors (Lipinski definition) is 0. The Balaban J connectivity index is 2.31. The Bertz CT molecular complexity index is 450. The molecule has 5 heteroatoms. The number of rotatable bonds is 2. The second kappa shape index (κ2) is 5.41. The van der Waals surface area contributed by atoms with Crippen LogP contribution >= 0.6 is 23.4 Å². The van der Waals surface area contributed by atoms with Crippen molar-refractivity contribution in [1.82, 2.24) is 0 Å². The highest BCUT2D eigenvalue weighted by Crippen LogP contribution is 2.46. The normalized spacial score (nSPS) is 19.8. The van der Waals surface area contributed by atoms with Gasteiger partial charge < -0.3 is 4.74 Å². The molecular formula is C13H16ClNO2S. The van der Waals surface area contributed by atoms with E-state index in [2.05, 4.69) is 13.8 Å². The maximum absolute atomic E-state index is 12.1. The van der Waals surface area contributed by atoms with Gasteiger partial charge in [0.25, 0.3) is 0 Å². The zero-order chi connectivity index (χ0) is 13.3. The first-order valence-corrected chi connectivity index (χ1v) is 7.22. The number of ether oxygens (including phenoxy) is 1. The van der Waals surface area contributed by atoms with Crippen molar-refractivity contribution in [2.45, 2.75) is 36.6 Å². The molecule has 0 saturated carbocycles. The number of alkyl halides is 1. The Morgan fingerprint density at radius 1 is 1.39 bits per heavy atom. The average Bonchev–Trinajstić information content (AvgIpc) is 2.67. The lowest BCUT2D eigenvalue weighted by Crippen LogP contribution is -2.39. The number of fused-ring (bicyclic) bond motifs is 1. The largest absolute Gasteiger partial charge is 0.430 e. The van der Waals surface area contributed by atoms with E-state index < -0.39 is 5.56 Å². The highest BCUT2D eigenvalue weighted by Gasteiger charge is 2.37. The van der Waals surface area contributed by atoms with Crippen LogP contribution in [0.25, 0.3) is 0 Å². The molecule has 1 heterocycles. The van der Waals surface area contributed by atoms with Crippen molar-refractivity contribution in [2.24, 2.45) is 5.92 Å². The summed E-state index contributed by atoms with van der Waals surface area (Å²) in [7, 11) is 0. The summed E-state index contributed by atoms with van der Waals surface area (Å²) in [6.45, 7) is 5.82. The molecule has 0 fully saturated rings. The third-order valence-electron chi connectivity index (χ3n) is 2.66. The lowest BCUT2D eigenvalue weighted by Gasteiger charge is -2.26. The molecule has 98 valence electrons. The van der Waals surface area contributed by atoms with E-state index >= 15 is 0 Å². The standard InChI is InChI=1S/C13H16ClNO2S/c1-8(2)12-15(13(16)17-9(3)14)10-6-4-5-7-11(10)18-12/h4-9,12H,1-3H3. The van der Waals surface area contributed by atoms with Crippen LogP contribution in [0.5, 0.6) is 0 Å². The van der Waals surface area contributed by atoms with Gasteiger partial charge >= 0.3 is 6.09 Å². The van der Waals surface area contributed by atoms with Crippen molar-refractivity contribution in [2.75, 3.05) is 4.90 Å². The van der Waals surface area contributed by atoms with Gasteiger partial charge in [0.05, 0.1) is 11.1 Å². The van der Waals surface area contributed by atoms with Crippen molar-refractivity contribution in [3.05, 3.63) is 24.3 Å². The van der Waals surface area contributed by atoms with Crippen LogP contribution in [0.2, 0.25) is 0 Å². The molecule has 2 unspecified atom stereocenters. The Hall–Kier alpha value is -0.870. The highest BCUT2D eigenvalue weighted by atomic mass is 35.5. The number of halogens is 1. The summed E-state index contributed by atoms with van der Waals surface area (Å²) in [5.74, 6) is 0.334. The van der Waals surface area contributed by atoms with Gasteiger partial charge in [-0.15, -0.1) is 0 Å². The second-order valence-electron chi connectivity index (χ2n) is 4.52. The highest BCUT2D eigenvalue weighted by molar-refractivity contribution is 8.00. The molecule has 0 spiro atoms. The van der Waals surface area contributed by atoms with Crippen LogP contribution in [-0.2, 0) is 4.74 Å². The maximum atomic E-state index is 12.1. The van der Waals surface area contributed by atoms with E-state index in [0.717, 1.165) is 10.6 Å². The molecule has 2 rings (SSSR count). The smallest absolute Gasteiger partial charge is 0.416 e. The van der Waals surface area contributed by atoms with Crippen molar-refractivity contribution >= 4 is 35.1 Å². The van der Waals surface area contributed by atoms with Gasteiger partial charge in [-0.1, -0.05) is 49.3 Å². The average molecular weight is 286 g/mol. The van der Waals surface area contributed by atoms with E-state index in [1.807, 2.05) is 24.3 Å². The number of benzene rings is 1. The number of amides is 1. The minimum atomic E-state index is -0.622. The van der Waals surface area contributed by atoms with E-state index in [-0.39, 0.29) is 11.5 Å². The topological polar surface area (TPSA) is 29.5 Å². The van der Waals surface area contributed by atoms with Crippen molar-refractivity contribution < 1.29 is 9.53 Å². The van der Waals surface area contributed by atoms with Crippen LogP contribution in [0, 0.1) is 5.92 Å². The molecule has 0 aromatic heterocycles. The number of carbonyl (C=O) groups excluding carboxylic acids is 1. The van der Waals surface area contributed by atoms with Gasteiger partial charge in [0, 0.05) is 4.90 Å². The van der Waals surface area contributed by atoms with Crippen molar-refractivity contribution in [1.29, 1.82) is 0 Å². The predicted octanol–water partition coefficient (Wildman–Crippen LogP) is 4.30. The lowest BCUT2D eigenvalue weighted by atomic mass is 10.2. The summed E-state index contributed by atoms with van der Waals surface area (Å²) in [5, 5.41) is 0.0605. The SMILES string of the molecule is CC(Cl)OC(=O)N1c2ccccc2SC1C(C)C. The molecule has 0 bridgehead atoms. The van der Waals surface area contributed by atoms with E-state index in [9.17, 15) is 4.79 Å². The van der Waals surface area contributed by atoms with Gasteiger partial charge in [0.2, 0.25) is 0 Å². The molecule has 1 aromatic carbocycles. The van der Waals surface area contributed by atoms with Crippen LogP contribution < -0.4 is 4.90 Å². The fourth-order valence-electron chi connectivity index (χ4n) is 1.91. The minimum absolute atomic E-state index is 0.0605. The number of carbonyl (C=O) groups is 1. The quantitative estimate of drug-likeness (QED) is 0.759.